The van der Waals surface area contributed by atoms with E-state index in [0.29, 0.717) is 34.9 Å². The summed E-state index contributed by atoms with van der Waals surface area (Å²) in [6.07, 6.45) is 2.25. The maximum atomic E-state index is 6.34. The number of ether oxygens (including phenoxy) is 2. The number of anilines is 1. The first-order valence-electron chi connectivity index (χ1n) is 8.59. The second-order valence-corrected chi connectivity index (χ2v) is 7.63. The molecule has 2 aliphatic heterocycles. The van der Waals surface area contributed by atoms with E-state index in [9.17, 15) is 0 Å². The van der Waals surface area contributed by atoms with Crippen LogP contribution < -0.4 is 15.2 Å². The van der Waals surface area contributed by atoms with Crippen molar-refractivity contribution < 1.29 is 9.47 Å². The summed E-state index contributed by atoms with van der Waals surface area (Å²) >= 11 is 6.34. The molecule has 0 radical (unpaired) electrons. The summed E-state index contributed by atoms with van der Waals surface area (Å²) in [5, 5.41) is 0.570. The lowest BCUT2D eigenvalue weighted by atomic mass is 9.88. The second-order valence-electron chi connectivity index (χ2n) is 7.23. The highest BCUT2D eigenvalue weighted by Crippen LogP contribution is 2.48. The fourth-order valence-corrected chi connectivity index (χ4v) is 3.79. The van der Waals surface area contributed by atoms with Crippen molar-refractivity contribution in [2.24, 2.45) is 5.92 Å². The number of nitrogens with two attached hydrogens (primary N) is 1. The van der Waals surface area contributed by atoms with Crippen molar-refractivity contribution in [3.8, 4) is 11.5 Å². The molecule has 1 atom stereocenters. The molecule has 0 saturated carbocycles. The van der Waals surface area contributed by atoms with Gasteiger partial charge in [0.2, 0.25) is 0 Å². The minimum atomic E-state index is 0.00371. The van der Waals surface area contributed by atoms with Crippen LogP contribution in [0.15, 0.2) is 6.07 Å². The Morgan fingerprint density at radius 2 is 2.00 bits per heavy atom. The van der Waals surface area contributed by atoms with Gasteiger partial charge in [0.15, 0.2) is 11.5 Å². The lowest BCUT2D eigenvalue weighted by Gasteiger charge is -2.35. The molecule has 128 valence electrons. The molecule has 1 aromatic carbocycles. The molecule has 3 rings (SSSR count). The molecule has 5 heteroatoms. The van der Waals surface area contributed by atoms with Gasteiger partial charge < -0.3 is 20.1 Å². The fourth-order valence-electron chi connectivity index (χ4n) is 3.59. The molecule has 1 fully saturated rings. The third-order valence-corrected chi connectivity index (χ3v) is 5.00. The third kappa shape index (κ3) is 3.53. The predicted octanol–water partition coefficient (Wildman–Crippen LogP) is 3.92. The maximum Gasteiger partial charge on any atom is 0.186 e. The molecule has 0 spiro atoms. The van der Waals surface area contributed by atoms with Gasteiger partial charge in [0.05, 0.1) is 10.7 Å². The molecular weight excluding hydrogens is 312 g/mol. The van der Waals surface area contributed by atoms with Gasteiger partial charge in [-0.05, 0) is 50.8 Å². The van der Waals surface area contributed by atoms with Gasteiger partial charge in [-0.2, -0.15) is 0 Å². The van der Waals surface area contributed by atoms with Gasteiger partial charge in [-0.1, -0.05) is 25.4 Å². The quantitative estimate of drug-likeness (QED) is 0.849. The largest absolute Gasteiger partial charge is 0.485 e. The predicted molar refractivity (Wildman–Crippen MR) is 94.7 cm³/mol. The Morgan fingerprint density at radius 1 is 1.30 bits per heavy atom. The van der Waals surface area contributed by atoms with Crippen molar-refractivity contribution in [3.63, 3.8) is 0 Å². The number of nitrogen functional groups attached to an aromatic ring is 1. The van der Waals surface area contributed by atoms with E-state index >= 15 is 0 Å². The third-order valence-electron chi connectivity index (χ3n) is 4.68. The zero-order chi connectivity index (χ0) is 16.6. The molecule has 2 heterocycles. The average molecular weight is 339 g/mol. The first-order valence-corrected chi connectivity index (χ1v) is 8.97. The molecule has 0 bridgehead atoms. The van der Waals surface area contributed by atoms with Crippen LogP contribution in [0.5, 0.6) is 11.5 Å². The monoisotopic (exact) mass is 338 g/mol. The van der Waals surface area contributed by atoms with E-state index in [1.807, 2.05) is 13.0 Å². The highest BCUT2D eigenvalue weighted by molar-refractivity contribution is 6.33. The van der Waals surface area contributed by atoms with Crippen LogP contribution in [0.4, 0.5) is 5.69 Å². The maximum absolute atomic E-state index is 6.34. The van der Waals surface area contributed by atoms with Crippen molar-refractivity contribution >= 4 is 17.3 Å². The normalized spacial score (nSPS) is 22.6. The summed E-state index contributed by atoms with van der Waals surface area (Å²) in [4.78, 5) is 2.55. The lowest BCUT2D eigenvalue weighted by Crippen LogP contribution is -2.36. The van der Waals surface area contributed by atoms with Crippen LogP contribution in [-0.4, -0.2) is 37.2 Å². The number of piperidine rings is 1. The molecule has 4 nitrogen and oxygen atoms in total. The summed E-state index contributed by atoms with van der Waals surface area (Å²) in [7, 11) is 0. The first-order chi connectivity index (χ1) is 11.0. The molecular formula is C18H27ClN2O2. The Bertz CT molecular complexity index is 569. The summed E-state index contributed by atoms with van der Waals surface area (Å²) in [6.45, 7) is 10.5. The van der Waals surface area contributed by atoms with Crippen LogP contribution in [0.2, 0.25) is 5.02 Å². The summed E-state index contributed by atoms with van der Waals surface area (Å²) in [5.41, 5.74) is 7.75. The van der Waals surface area contributed by atoms with Gasteiger partial charge in [0, 0.05) is 12.1 Å². The minimum absolute atomic E-state index is 0.00371. The van der Waals surface area contributed by atoms with E-state index in [0.717, 1.165) is 37.2 Å². The summed E-state index contributed by atoms with van der Waals surface area (Å²) < 4.78 is 11.9. The Morgan fingerprint density at radius 3 is 2.65 bits per heavy atom. The number of rotatable bonds is 3. The van der Waals surface area contributed by atoms with E-state index in [1.54, 1.807) is 0 Å². The van der Waals surface area contributed by atoms with Crippen molar-refractivity contribution in [2.75, 3.05) is 32.0 Å². The molecule has 2 aliphatic rings. The van der Waals surface area contributed by atoms with Crippen LogP contribution in [0.25, 0.3) is 0 Å². The fraction of sp³-hybridized carbons (Fsp3) is 0.667. The van der Waals surface area contributed by atoms with E-state index < -0.39 is 0 Å². The SMILES string of the molecule is CC(C)CN1CCC(c2cc(Cl)c(N)c3c2OCC(C)O3)CC1. The van der Waals surface area contributed by atoms with Crippen LogP contribution in [0, 0.1) is 5.92 Å². The van der Waals surface area contributed by atoms with E-state index in [4.69, 9.17) is 26.8 Å². The smallest absolute Gasteiger partial charge is 0.186 e. The zero-order valence-corrected chi connectivity index (χ0v) is 15.0. The van der Waals surface area contributed by atoms with Crippen LogP contribution in [0.3, 0.4) is 0 Å². The number of hydrogen-bond donors (Lipinski definition) is 1. The van der Waals surface area contributed by atoms with Gasteiger partial charge in [-0.15, -0.1) is 0 Å². The minimum Gasteiger partial charge on any atom is -0.485 e. The Labute approximate surface area is 143 Å². The highest BCUT2D eigenvalue weighted by atomic mass is 35.5. The summed E-state index contributed by atoms with van der Waals surface area (Å²) in [6, 6.07) is 1.98. The van der Waals surface area contributed by atoms with Crippen molar-refractivity contribution in [1.29, 1.82) is 0 Å². The Balaban J connectivity index is 1.81. The molecule has 0 aromatic heterocycles. The summed E-state index contributed by atoms with van der Waals surface area (Å²) in [5.74, 6) is 2.62. The Hall–Kier alpha value is -1.13. The van der Waals surface area contributed by atoms with E-state index in [2.05, 4.69) is 18.7 Å². The van der Waals surface area contributed by atoms with Gasteiger partial charge in [0.25, 0.3) is 0 Å². The van der Waals surface area contributed by atoms with Crippen molar-refractivity contribution in [1.82, 2.24) is 4.90 Å². The number of hydrogen-bond acceptors (Lipinski definition) is 4. The van der Waals surface area contributed by atoms with E-state index in [-0.39, 0.29) is 6.10 Å². The van der Waals surface area contributed by atoms with Crippen molar-refractivity contribution in [3.05, 3.63) is 16.7 Å². The second kappa shape index (κ2) is 6.78. The highest BCUT2D eigenvalue weighted by Gasteiger charge is 2.30. The molecule has 1 unspecified atom stereocenters. The molecule has 0 amide bonds. The number of fused-ring (bicyclic) bond motifs is 1. The van der Waals surface area contributed by atoms with Gasteiger partial charge >= 0.3 is 0 Å². The van der Waals surface area contributed by atoms with Crippen LogP contribution >= 0.6 is 11.6 Å². The number of nitrogens with zero attached hydrogens (tertiary/aromatic N) is 1. The number of likely N-dealkylation sites (tertiary alicyclic amines) is 1. The van der Waals surface area contributed by atoms with Crippen LogP contribution in [-0.2, 0) is 0 Å². The van der Waals surface area contributed by atoms with Gasteiger partial charge in [-0.25, -0.2) is 0 Å². The van der Waals surface area contributed by atoms with E-state index in [1.165, 1.54) is 6.54 Å². The molecule has 0 aliphatic carbocycles. The average Bonchev–Trinajstić information content (AvgIpc) is 2.51. The number of benzene rings is 1. The van der Waals surface area contributed by atoms with Crippen molar-refractivity contribution in [2.45, 2.75) is 45.6 Å². The molecule has 23 heavy (non-hydrogen) atoms. The number of halogens is 1. The molecule has 1 saturated heterocycles. The standard InChI is InChI=1S/C18H27ClN2O2/c1-11(2)9-21-6-4-13(5-7-21)14-8-15(19)16(20)18-17(14)22-10-12(3)23-18/h8,11-13H,4-7,9-10,20H2,1-3H3. The lowest BCUT2D eigenvalue weighted by molar-refractivity contribution is 0.102. The van der Waals surface area contributed by atoms with Gasteiger partial charge in [0.1, 0.15) is 12.7 Å². The zero-order valence-electron chi connectivity index (χ0n) is 14.3. The topological polar surface area (TPSA) is 47.7 Å². The first kappa shape index (κ1) is 16.7. The molecule has 2 N–H and O–H groups in total. The Kier molecular flexibility index (Phi) is 4.93. The molecule has 1 aromatic rings. The van der Waals surface area contributed by atoms with Crippen LogP contribution in [0.1, 0.15) is 45.1 Å². The van der Waals surface area contributed by atoms with Gasteiger partial charge in [-0.3, -0.25) is 0 Å².